The Bertz CT molecular complexity index is 1070. The Morgan fingerprint density at radius 1 is 1.03 bits per heavy atom. The molecule has 1 aliphatic rings. The molecule has 4 heteroatoms. The first kappa shape index (κ1) is 21.0. The molecule has 0 aromatic heterocycles. The summed E-state index contributed by atoms with van der Waals surface area (Å²) in [6, 6.07) is 22.7. The van der Waals surface area contributed by atoms with Crippen LogP contribution in [0.1, 0.15) is 44.2 Å². The minimum Gasteiger partial charge on any atom is -0.496 e. The summed E-state index contributed by atoms with van der Waals surface area (Å²) in [6.45, 7) is 6.90. The van der Waals surface area contributed by atoms with E-state index in [2.05, 4.69) is 50.2 Å². The first-order valence-electron chi connectivity index (χ1n) is 10.8. The van der Waals surface area contributed by atoms with E-state index in [9.17, 15) is 0 Å². The van der Waals surface area contributed by atoms with Crippen molar-refractivity contribution in [1.82, 2.24) is 0 Å². The van der Waals surface area contributed by atoms with Gasteiger partial charge in [-0.1, -0.05) is 25.1 Å². The number of para-hydroxylation sites is 1. The lowest BCUT2D eigenvalue weighted by molar-refractivity contribution is 0.389. The molecule has 31 heavy (non-hydrogen) atoms. The van der Waals surface area contributed by atoms with Crippen molar-refractivity contribution in [3.63, 3.8) is 0 Å². The molecule has 3 aromatic carbocycles. The Morgan fingerprint density at radius 2 is 1.71 bits per heavy atom. The molecule has 1 N–H and O–H groups in total. The molecule has 0 saturated heterocycles. The van der Waals surface area contributed by atoms with Crippen LogP contribution >= 0.6 is 0 Å². The quantitative estimate of drug-likeness (QED) is 0.462. The minimum atomic E-state index is 0.128. The van der Waals surface area contributed by atoms with Crippen LogP contribution in [0.2, 0.25) is 0 Å². The van der Waals surface area contributed by atoms with E-state index in [0.717, 1.165) is 34.8 Å². The van der Waals surface area contributed by atoms with E-state index in [-0.39, 0.29) is 5.54 Å². The Kier molecular flexibility index (Phi) is 5.73. The average molecular weight is 414 g/mol. The number of hydrogen-bond donors (Lipinski definition) is 1. The minimum absolute atomic E-state index is 0.128. The predicted octanol–water partition coefficient (Wildman–Crippen LogP) is 6.91. The van der Waals surface area contributed by atoms with Crippen LogP contribution in [0.5, 0.6) is 5.75 Å². The molecule has 0 spiro atoms. The van der Waals surface area contributed by atoms with E-state index in [1.807, 2.05) is 60.8 Å². The number of fused-ring (bicyclic) bond motifs is 1. The van der Waals surface area contributed by atoms with E-state index in [4.69, 9.17) is 9.73 Å². The smallest absolute Gasteiger partial charge is 0.129 e. The van der Waals surface area contributed by atoms with Gasteiger partial charge in [-0.05, 0) is 74.2 Å². The van der Waals surface area contributed by atoms with Gasteiger partial charge in [0.2, 0.25) is 0 Å². The number of nitrogens with zero attached hydrogens (tertiary/aromatic N) is 2. The van der Waals surface area contributed by atoms with Gasteiger partial charge in [0.15, 0.2) is 0 Å². The van der Waals surface area contributed by atoms with Gasteiger partial charge in [0, 0.05) is 47.5 Å². The van der Waals surface area contributed by atoms with E-state index in [0.29, 0.717) is 5.92 Å². The molecule has 0 fully saturated rings. The van der Waals surface area contributed by atoms with Gasteiger partial charge in [-0.3, -0.25) is 4.99 Å². The number of rotatable bonds is 5. The van der Waals surface area contributed by atoms with Gasteiger partial charge in [0.25, 0.3) is 0 Å². The maximum atomic E-state index is 5.71. The molecule has 0 radical (unpaired) electrons. The SMILES string of the molecule is COc1cc2c(cc1C=Nc1ccc(Nc3ccccc3)cc1)C(C)CC(C)(C)N2C. The van der Waals surface area contributed by atoms with Gasteiger partial charge in [0.05, 0.1) is 12.8 Å². The van der Waals surface area contributed by atoms with Crippen molar-refractivity contribution in [2.45, 2.75) is 38.6 Å². The van der Waals surface area contributed by atoms with Crippen molar-refractivity contribution in [1.29, 1.82) is 0 Å². The maximum absolute atomic E-state index is 5.71. The number of hydrogen-bond acceptors (Lipinski definition) is 4. The summed E-state index contributed by atoms with van der Waals surface area (Å²) in [5.41, 5.74) is 6.75. The lowest BCUT2D eigenvalue weighted by atomic mass is 9.80. The van der Waals surface area contributed by atoms with Crippen LogP contribution in [-0.4, -0.2) is 25.9 Å². The zero-order valence-corrected chi connectivity index (χ0v) is 19.0. The molecule has 1 unspecified atom stereocenters. The van der Waals surface area contributed by atoms with Crippen molar-refractivity contribution in [2.75, 3.05) is 24.4 Å². The second-order valence-corrected chi connectivity index (χ2v) is 8.93. The van der Waals surface area contributed by atoms with Gasteiger partial charge in [-0.15, -0.1) is 0 Å². The standard InChI is InChI=1S/C27H31N3O/c1-19-17-27(2,3)30(4)25-16-26(31-5)20(15-24(19)25)18-28-21-11-13-23(14-12-21)29-22-9-7-6-8-10-22/h6-16,18-19,29H,17H2,1-5H3. The summed E-state index contributed by atoms with van der Waals surface area (Å²) < 4.78 is 5.71. The van der Waals surface area contributed by atoms with E-state index in [1.165, 1.54) is 11.3 Å². The van der Waals surface area contributed by atoms with Gasteiger partial charge in [-0.25, -0.2) is 0 Å². The Balaban J connectivity index is 1.57. The molecule has 0 aliphatic carbocycles. The first-order valence-corrected chi connectivity index (χ1v) is 10.8. The van der Waals surface area contributed by atoms with Gasteiger partial charge in [-0.2, -0.15) is 0 Å². The molecule has 1 atom stereocenters. The van der Waals surface area contributed by atoms with Crippen molar-refractivity contribution >= 4 is 29.0 Å². The highest BCUT2D eigenvalue weighted by Gasteiger charge is 2.34. The summed E-state index contributed by atoms with van der Waals surface area (Å²) in [5, 5.41) is 3.40. The number of benzene rings is 3. The van der Waals surface area contributed by atoms with Crippen LogP contribution < -0.4 is 15.0 Å². The van der Waals surface area contributed by atoms with Crippen molar-refractivity contribution in [3.05, 3.63) is 77.9 Å². The van der Waals surface area contributed by atoms with Crippen LogP contribution in [0.4, 0.5) is 22.7 Å². The summed E-state index contributed by atoms with van der Waals surface area (Å²) in [6.07, 6.45) is 3.03. The number of aliphatic imine (C=N–C) groups is 1. The highest BCUT2D eigenvalue weighted by molar-refractivity contribution is 5.88. The fourth-order valence-electron chi connectivity index (χ4n) is 4.35. The zero-order chi connectivity index (χ0) is 22.0. The van der Waals surface area contributed by atoms with Crippen molar-refractivity contribution < 1.29 is 4.74 Å². The van der Waals surface area contributed by atoms with Crippen LogP contribution in [0.15, 0.2) is 71.7 Å². The van der Waals surface area contributed by atoms with Gasteiger partial charge in [0.1, 0.15) is 5.75 Å². The monoisotopic (exact) mass is 413 g/mol. The second-order valence-electron chi connectivity index (χ2n) is 8.93. The fourth-order valence-corrected chi connectivity index (χ4v) is 4.35. The fraction of sp³-hybridized carbons (Fsp3) is 0.296. The largest absolute Gasteiger partial charge is 0.496 e. The number of methoxy groups -OCH3 is 1. The molecule has 0 bridgehead atoms. The molecule has 3 aromatic rings. The molecular formula is C27H31N3O. The molecule has 4 nitrogen and oxygen atoms in total. The second kappa shape index (κ2) is 8.46. The number of ether oxygens (including phenoxy) is 1. The molecule has 0 saturated carbocycles. The average Bonchev–Trinajstić information content (AvgIpc) is 2.77. The lowest BCUT2D eigenvalue weighted by Crippen LogP contribution is -2.45. The normalized spacial score (nSPS) is 17.5. The van der Waals surface area contributed by atoms with Crippen LogP contribution in [0, 0.1) is 0 Å². The third-order valence-electron chi connectivity index (χ3n) is 6.27. The van der Waals surface area contributed by atoms with E-state index in [1.54, 1.807) is 7.11 Å². The third kappa shape index (κ3) is 4.43. The molecule has 4 rings (SSSR count). The topological polar surface area (TPSA) is 36.9 Å². The van der Waals surface area contributed by atoms with Crippen LogP contribution in [0.25, 0.3) is 0 Å². The van der Waals surface area contributed by atoms with Crippen molar-refractivity contribution in [3.8, 4) is 5.75 Å². The zero-order valence-electron chi connectivity index (χ0n) is 19.0. The van der Waals surface area contributed by atoms with Crippen LogP contribution in [-0.2, 0) is 0 Å². The molecule has 1 aliphatic heterocycles. The van der Waals surface area contributed by atoms with Gasteiger partial charge < -0.3 is 15.0 Å². The molecule has 160 valence electrons. The first-order chi connectivity index (χ1) is 14.9. The Labute approximate surface area is 185 Å². The number of anilines is 3. The summed E-state index contributed by atoms with van der Waals surface area (Å²) in [4.78, 5) is 7.07. The highest BCUT2D eigenvalue weighted by atomic mass is 16.5. The Morgan fingerprint density at radius 3 is 2.39 bits per heavy atom. The highest BCUT2D eigenvalue weighted by Crippen LogP contribution is 2.44. The Hall–Kier alpha value is -3.27. The summed E-state index contributed by atoms with van der Waals surface area (Å²) in [7, 11) is 3.89. The summed E-state index contributed by atoms with van der Waals surface area (Å²) >= 11 is 0. The maximum Gasteiger partial charge on any atom is 0.129 e. The summed E-state index contributed by atoms with van der Waals surface area (Å²) in [5.74, 6) is 1.34. The molecule has 1 heterocycles. The van der Waals surface area contributed by atoms with Crippen molar-refractivity contribution in [2.24, 2.45) is 4.99 Å². The van der Waals surface area contributed by atoms with Gasteiger partial charge >= 0.3 is 0 Å². The third-order valence-corrected chi connectivity index (χ3v) is 6.27. The molecule has 0 amide bonds. The van der Waals surface area contributed by atoms with Crippen LogP contribution in [0.3, 0.4) is 0 Å². The predicted molar refractivity (Wildman–Crippen MR) is 132 cm³/mol. The van der Waals surface area contributed by atoms with E-state index < -0.39 is 0 Å². The lowest BCUT2D eigenvalue weighted by Gasteiger charge is -2.45. The molecular weight excluding hydrogens is 382 g/mol. The van der Waals surface area contributed by atoms with E-state index >= 15 is 0 Å². The number of nitrogens with one attached hydrogen (secondary N) is 1.